The van der Waals surface area contributed by atoms with Gasteiger partial charge < -0.3 is 10.2 Å². The van der Waals surface area contributed by atoms with E-state index in [1.807, 2.05) is 80.6 Å². The standard InChI is InChI=1S/C34H43BrN4O4S/c1-25-18-19-26(2)31(20-25)39(44(42,43)37(3)4)24-33(40)38(23-28-14-11-15-29(35)21-28)32(22-27-12-7-5-8-13-27)34(41)36-30-16-9-6-10-17-30/h5,7-8,11-15,18-21,30,32H,6,9-10,16-17,22-24H2,1-4H3,(H,36,41)/t32-/m0/s1. The number of aryl methyl sites for hydroxylation is 2. The molecule has 1 aliphatic rings. The summed E-state index contributed by atoms with van der Waals surface area (Å²) in [5.41, 5.74) is 3.77. The quantitative estimate of drug-likeness (QED) is 0.263. The van der Waals surface area contributed by atoms with Gasteiger partial charge in [0, 0.05) is 37.6 Å². The molecule has 0 saturated heterocycles. The van der Waals surface area contributed by atoms with E-state index in [1.165, 1.54) is 14.1 Å². The summed E-state index contributed by atoms with van der Waals surface area (Å²) in [6.07, 6.45) is 5.38. The van der Waals surface area contributed by atoms with Crippen LogP contribution in [0.15, 0.2) is 77.3 Å². The number of rotatable bonds is 12. The van der Waals surface area contributed by atoms with Crippen molar-refractivity contribution in [3.63, 3.8) is 0 Å². The molecule has 0 aromatic heterocycles. The van der Waals surface area contributed by atoms with Crippen molar-refractivity contribution in [1.29, 1.82) is 0 Å². The first kappa shape index (κ1) is 33.7. The third kappa shape index (κ3) is 8.70. The van der Waals surface area contributed by atoms with Gasteiger partial charge >= 0.3 is 10.2 Å². The van der Waals surface area contributed by atoms with E-state index in [4.69, 9.17) is 0 Å². The Kier molecular flexibility index (Phi) is 11.6. The van der Waals surface area contributed by atoms with E-state index in [1.54, 1.807) is 11.0 Å². The number of amides is 2. The first-order valence-corrected chi connectivity index (χ1v) is 17.3. The summed E-state index contributed by atoms with van der Waals surface area (Å²) in [5, 5.41) is 3.24. The minimum atomic E-state index is -4.06. The number of carbonyl (C=O) groups excluding carboxylic acids is 2. The van der Waals surface area contributed by atoms with Gasteiger partial charge in [0.2, 0.25) is 11.8 Å². The number of nitrogens with zero attached hydrogens (tertiary/aromatic N) is 3. The Bertz CT molecular complexity index is 1540. The molecular formula is C34H43BrN4O4S. The van der Waals surface area contributed by atoms with Gasteiger partial charge in [-0.15, -0.1) is 0 Å². The lowest BCUT2D eigenvalue weighted by atomic mass is 9.94. The van der Waals surface area contributed by atoms with E-state index < -0.39 is 28.7 Å². The van der Waals surface area contributed by atoms with E-state index in [0.717, 1.165) is 67.4 Å². The molecule has 1 saturated carbocycles. The van der Waals surface area contributed by atoms with Crippen LogP contribution in [0.3, 0.4) is 0 Å². The minimum absolute atomic E-state index is 0.0536. The SMILES string of the molecule is Cc1ccc(C)c(N(CC(=O)N(Cc2cccc(Br)c2)[C@@H](Cc2ccccc2)C(=O)NC2CCCCC2)S(=O)(=O)N(C)C)c1. The normalized spacial score (nSPS) is 14.7. The van der Waals surface area contributed by atoms with Gasteiger partial charge in [0.05, 0.1) is 5.69 Å². The summed E-state index contributed by atoms with van der Waals surface area (Å²) in [7, 11) is -1.15. The van der Waals surface area contributed by atoms with Crippen molar-refractivity contribution in [1.82, 2.24) is 14.5 Å². The second-order valence-electron chi connectivity index (χ2n) is 11.8. The predicted molar refractivity (Wildman–Crippen MR) is 180 cm³/mol. The van der Waals surface area contributed by atoms with E-state index >= 15 is 0 Å². The first-order chi connectivity index (χ1) is 21.0. The zero-order chi connectivity index (χ0) is 31.9. The van der Waals surface area contributed by atoms with Crippen LogP contribution in [0.25, 0.3) is 0 Å². The molecule has 4 rings (SSSR count). The van der Waals surface area contributed by atoms with Crippen LogP contribution in [0.2, 0.25) is 0 Å². The van der Waals surface area contributed by atoms with Crippen LogP contribution < -0.4 is 9.62 Å². The molecule has 0 heterocycles. The summed E-state index contributed by atoms with van der Waals surface area (Å²) < 4.78 is 30.5. The number of halogens is 1. The molecular weight excluding hydrogens is 640 g/mol. The van der Waals surface area contributed by atoms with Gasteiger partial charge in [0.25, 0.3) is 0 Å². The van der Waals surface area contributed by atoms with E-state index in [2.05, 4.69) is 21.2 Å². The van der Waals surface area contributed by atoms with Crippen molar-refractivity contribution in [3.8, 4) is 0 Å². The molecule has 0 unspecified atom stereocenters. The predicted octanol–water partition coefficient (Wildman–Crippen LogP) is 5.77. The Morgan fingerprint density at radius 2 is 1.59 bits per heavy atom. The van der Waals surface area contributed by atoms with Crippen molar-refractivity contribution < 1.29 is 18.0 Å². The Morgan fingerprint density at radius 3 is 2.25 bits per heavy atom. The van der Waals surface area contributed by atoms with E-state index in [-0.39, 0.29) is 18.5 Å². The van der Waals surface area contributed by atoms with Crippen LogP contribution >= 0.6 is 15.9 Å². The average molecular weight is 684 g/mol. The van der Waals surface area contributed by atoms with Crippen LogP contribution in [0, 0.1) is 13.8 Å². The molecule has 0 bridgehead atoms. The molecule has 3 aromatic rings. The minimum Gasteiger partial charge on any atom is -0.352 e. The lowest BCUT2D eigenvalue weighted by Crippen LogP contribution is -2.55. The second kappa shape index (κ2) is 15.2. The highest BCUT2D eigenvalue weighted by Gasteiger charge is 2.36. The fourth-order valence-electron chi connectivity index (χ4n) is 5.62. The Balaban J connectivity index is 1.78. The van der Waals surface area contributed by atoms with Crippen molar-refractivity contribution in [3.05, 3.63) is 99.5 Å². The molecule has 3 aromatic carbocycles. The largest absolute Gasteiger partial charge is 0.352 e. The molecule has 1 atom stereocenters. The third-order valence-electron chi connectivity index (χ3n) is 8.12. The maximum absolute atomic E-state index is 14.5. The Hall–Kier alpha value is -3.21. The van der Waals surface area contributed by atoms with Crippen molar-refractivity contribution in [2.45, 2.75) is 71.0 Å². The van der Waals surface area contributed by atoms with Crippen LogP contribution in [-0.4, -0.2) is 62.2 Å². The average Bonchev–Trinajstić information content (AvgIpc) is 2.99. The van der Waals surface area contributed by atoms with Crippen molar-refractivity contribution in [2.75, 3.05) is 24.9 Å². The van der Waals surface area contributed by atoms with Gasteiger partial charge in [0.15, 0.2) is 0 Å². The van der Waals surface area contributed by atoms with Crippen LogP contribution in [-0.2, 0) is 32.8 Å². The van der Waals surface area contributed by atoms with Gasteiger partial charge in [0.1, 0.15) is 12.6 Å². The van der Waals surface area contributed by atoms with Gasteiger partial charge in [-0.1, -0.05) is 89.8 Å². The van der Waals surface area contributed by atoms with Crippen molar-refractivity contribution in [2.24, 2.45) is 0 Å². The molecule has 0 radical (unpaired) electrons. The van der Waals surface area contributed by atoms with Crippen LogP contribution in [0.4, 0.5) is 5.69 Å². The monoisotopic (exact) mass is 682 g/mol. The Labute approximate surface area is 270 Å². The molecule has 1 N–H and O–H groups in total. The van der Waals surface area contributed by atoms with Crippen LogP contribution in [0.5, 0.6) is 0 Å². The summed E-state index contributed by atoms with van der Waals surface area (Å²) in [5.74, 6) is -0.686. The number of nitrogens with one attached hydrogen (secondary N) is 1. The van der Waals surface area contributed by atoms with Crippen LogP contribution in [0.1, 0.15) is 54.4 Å². The van der Waals surface area contributed by atoms with Gasteiger partial charge in [-0.2, -0.15) is 12.7 Å². The molecule has 2 amide bonds. The molecule has 1 fully saturated rings. The lowest BCUT2D eigenvalue weighted by Gasteiger charge is -2.36. The topological polar surface area (TPSA) is 90.0 Å². The highest BCUT2D eigenvalue weighted by molar-refractivity contribution is 9.10. The maximum atomic E-state index is 14.5. The summed E-state index contributed by atoms with van der Waals surface area (Å²) in [4.78, 5) is 30.2. The smallest absolute Gasteiger partial charge is 0.304 e. The molecule has 10 heteroatoms. The molecule has 0 aliphatic heterocycles. The van der Waals surface area contributed by atoms with Crippen molar-refractivity contribution >= 4 is 43.6 Å². The lowest BCUT2D eigenvalue weighted by molar-refractivity contribution is -0.140. The highest BCUT2D eigenvalue weighted by Crippen LogP contribution is 2.27. The molecule has 236 valence electrons. The Morgan fingerprint density at radius 1 is 0.909 bits per heavy atom. The third-order valence-corrected chi connectivity index (χ3v) is 10.4. The molecule has 0 spiro atoms. The number of benzene rings is 3. The highest BCUT2D eigenvalue weighted by atomic mass is 79.9. The number of hydrogen-bond acceptors (Lipinski definition) is 4. The summed E-state index contributed by atoms with van der Waals surface area (Å²) >= 11 is 3.53. The number of anilines is 1. The number of carbonyl (C=O) groups is 2. The van der Waals surface area contributed by atoms with E-state index in [0.29, 0.717) is 12.1 Å². The van der Waals surface area contributed by atoms with Gasteiger partial charge in [-0.05, 0) is 67.1 Å². The van der Waals surface area contributed by atoms with Gasteiger partial charge in [-0.25, -0.2) is 4.31 Å². The molecule has 44 heavy (non-hydrogen) atoms. The first-order valence-electron chi connectivity index (χ1n) is 15.1. The molecule has 8 nitrogen and oxygen atoms in total. The molecule has 1 aliphatic carbocycles. The fourth-order valence-corrected chi connectivity index (χ4v) is 7.18. The summed E-state index contributed by atoms with van der Waals surface area (Å²) in [6, 6.07) is 22.0. The fraction of sp³-hybridized carbons (Fsp3) is 0.412. The zero-order valence-corrected chi connectivity index (χ0v) is 28.4. The zero-order valence-electron chi connectivity index (χ0n) is 26.0. The maximum Gasteiger partial charge on any atom is 0.304 e. The summed E-state index contributed by atoms with van der Waals surface area (Å²) in [6.45, 7) is 3.39. The second-order valence-corrected chi connectivity index (χ2v) is 14.8. The van der Waals surface area contributed by atoms with E-state index in [9.17, 15) is 18.0 Å². The van der Waals surface area contributed by atoms with Gasteiger partial charge in [-0.3, -0.25) is 9.59 Å². The number of hydrogen-bond donors (Lipinski definition) is 1.